The standard InChI is InChI=1S/C17H24N2/c1-4-6-12-19-14-17(3,5-2)18-13-16(19)15-10-8-7-9-11-15/h1,7-11,16,18H,5-6,12-14H2,2-3H3. The van der Waals surface area contributed by atoms with Crippen LogP contribution in [0, 0.1) is 12.3 Å². The van der Waals surface area contributed by atoms with Crippen LogP contribution in [0.5, 0.6) is 0 Å². The summed E-state index contributed by atoms with van der Waals surface area (Å²) in [7, 11) is 0. The molecule has 2 nitrogen and oxygen atoms in total. The second-order valence-electron chi connectivity index (χ2n) is 5.65. The van der Waals surface area contributed by atoms with Crippen molar-refractivity contribution in [3.8, 4) is 12.3 Å². The zero-order chi connectivity index (χ0) is 13.7. The predicted octanol–water partition coefficient (Wildman–Crippen LogP) is 2.82. The summed E-state index contributed by atoms with van der Waals surface area (Å²) in [6, 6.07) is 11.2. The smallest absolute Gasteiger partial charge is 0.0474 e. The first-order chi connectivity index (χ1) is 9.18. The fourth-order valence-electron chi connectivity index (χ4n) is 2.77. The van der Waals surface area contributed by atoms with Crippen molar-refractivity contribution < 1.29 is 0 Å². The monoisotopic (exact) mass is 256 g/mol. The summed E-state index contributed by atoms with van der Waals surface area (Å²) in [5, 5.41) is 3.71. The van der Waals surface area contributed by atoms with Crippen molar-refractivity contribution >= 4 is 0 Å². The number of benzene rings is 1. The number of piperazine rings is 1. The topological polar surface area (TPSA) is 15.3 Å². The van der Waals surface area contributed by atoms with Gasteiger partial charge in [0.15, 0.2) is 0 Å². The number of nitrogens with zero attached hydrogens (tertiary/aromatic N) is 1. The van der Waals surface area contributed by atoms with Gasteiger partial charge >= 0.3 is 0 Å². The van der Waals surface area contributed by atoms with E-state index in [-0.39, 0.29) is 5.54 Å². The molecular weight excluding hydrogens is 232 g/mol. The van der Waals surface area contributed by atoms with E-state index < -0.39 is 0 Å². The lowest BCUT2D eigenvalue weighted by molar-refractivity contribution is 0.0863. The summed E-state index contributed by atoms with van der Waals surface area (Å²) < 4.78 is 0. The fraction of sp³-hybridized carbons (Fsp3) is 0.529. The van der Waals surface area contributed by atoms with E-state index in [4.69, 9.17) is 6.42 Å². The van der Waals surface area contributed by atoms with Crippen molar-refractivity contribution in [3.05, 3.63) is 35.9 Å². The third-order valence-electron chi connectivity index (χ3n) is 4.22. The van der Waals surface area contributed by atoms with Gasteiger partial charge in [-0.1, -0.05) is 37.3 Å². The minimum absolute atomic E-state index is 0.208. The molecule has 0 aliphatic carbocycles. The van der Waals surface area contributed by atoms with Gasteiger partial charge in [-0.25, -0.2) is 0 Å². The molecule has 2 rings (SSSR count). The molecule has 0 bridgehead atoms. The van der Waals surface area contributed by atoms with Gasteiger partial charge < -0.3 is 5.32 Å². The summed E-state index contributed by atoms with van der Waals surface area (Å²) in [5.41, 5.74) is 1.59. The third kappa shape index (κ3) is 3.37. The summed E-state index contributed by atoms with van der Waals surface area (Å²) in [6.45, 7) is 7.59. The van der Waals surface area contributed by atoms with Gasteiger partial charge in [0.1, 0.15) is 0 Å². The van der Waals surface area contributed by atoms with Crippen LogP contribution in [0.15, 0.2) is 30.3 Å². The summed E-state index contributed by atoms with van der Waals surface area (Å²) in [6.07, 6.45) is 7.40. The lowest BCUT2D eigenvalue weighted by Crippen LogP contribution is -2.59. The Balaban J connectivity index is 2.16. The maximum Gasteiger partial charge on any atom is 0.0474 e. The van der Waals surface area contributed by atoms with Gasteiger partial charge in [0.2, 0.25) is 0 Å². The van der Waals surface area contributed by atoms with Crippen LogP contribution >= 0.6 is 0 Å². The van der Waals surface area contributed by atoms with Gasteiger partial charge in [-0.3, -0.25) is 4.90 Å². The molecule has 2 heteroatoms. The highest BCUT2D eigenvalue weighted by atomic mass is 15.2. The predicted molar refractivity (Wildman–Crippen MR) is 80.9 cm³/mol. The normalized spacial score (nSPS) is 27.9. The Labute approximate surface area is 117 Å². The fourth-order valence-corrected chi connectivity index (χ4v) is 2.77. The number of rotatable bonds is 4. The first-order valence-corrected chi connectivity index (χ1v) is 7.16. The van der Waals surface area contributed by atoms with Gasteiger partial charge in [0, 0.05) is 37.6 Å². The minimum atomic E-state index is 0.208. The van der Waals surface area contributed by atoms with Crippen molar-refractivity contribution in [2.24, 2.45) is 0 Å². The third-order valence-corrected chi connectivity index (χ3v) is 4.22. The highest BCUT2D eigenvalue weighted by Gasteiger charge is 2.34. The van der Waals surface area contributed by atoms with Crippen molar-refractivity contribution in [1.82, 2.24) is 10.2 Å². The quantitative estimate of drug-likeness (QED) is 0.833. The van der Waals surface area contributed by atoms with E-state index in [1.54, 1.807) is 0 Å². The first-order valence-electron chi connectivity index (χ1n) is 7.16. The van der Waals surface area contributed by atoms with Crippen molar-refractivity contribution in [3.63, 3.8) is 0 Å². The van der Waals surface area contributed by atoms with Crippen LogP contribution in [0.1, 0.15) is 38.3 Å². The second kappa shape index (κ2) is 6.23. The van der Waals surface area contributed by atoms with Crippen LogP contribution in [0.25, 0.3) is 0 Å². The van der Waals surface area contributed by atoms with Gasteiger partial charge in [-0.15, -0.1) is 12.3 Å². The molecule has 1 aromatic rings. The van der Waals surface area contributed by atoms with E-state index in [1.165, 1.54) is 5.56 Å². The molecule has 0 spiro atoms. The molecule has 1 aromatic carbocycles. The summed E-state index contributed by atoms with van der Waals surface area (Å²) in [4.78, 5) is 2.54. The largest absolute Gasteiger partial charge is 0.308 e. The van der Waals surface area contributed by atoms with E-state index in [0.717, 1.165) is 32.5 Å². The molecule has 1 heterocycles. The Morgan fingerprint density at radius 1 is 1.42 bits per heavy atom. The molecule has 2 atom stereocenters. The minimum Gasteiger partial charge on any atom is -0.308 e. The maximum atomic E-state index is 5.44. The number of nitrogens with one attached hydrogen (secondary N) is 1. The van der Waals surface area contributed by atoms with E-state index in [9.17, 15) is 0 Å². The molecule has 1 aliphatic heterocycles. The molecule has 1 fully saturated rings. The Morgan fingerprint density at radius 2 is 2.16 bits per heavy atom. The molecule has 2 unspecified atom stereocenters. The number of hydrogen-bond donors (Lipinski definition) is 1. The SMILES string of the molecule is C#CCCN1CC(C)(CC)NCC1c1ccccc1. The van der Waals surface area contributed by atoms with Crippen LogP contribution < -0.4 is 5.32 Å². The van der Waals surface area contributed by atoms with E-state index in [2.05, 4.69) is 60.3 Å². The van der Waals surface area contributed by atoms with Gasteiger partial charge in [0.25, 0.3) is 0 Å². The van der Waals surface area contributed by atoms with E-state index in [1.807, 2.05) is 0 Å². The zero-order valence-corrected chi connectivity index (χ0v) is 12.0. The molecular formula is C17H24N2. The Kier molecular flexibility index (Phi) is 4.63. The average molecular weight is 256 g/mol. The maximum absolute atomic E-state index is 5.44. The summed E-state index contributed by atoms with van der Waals surface area (Å²) in [5.74, 6) is 2.77. The molecule has 0 aromatic heterocycles. The lowest BCUT2D eigenvalue weighted by Gasteiger charge is -2.46. The van der Waals surface area contributed by atoms with Crippen LogP contribution in [0.4, 0.5) is 0 Å². The highest BCUT2D eigenvalue weighted by molar-refractivity contribution is 5.21. The van der Waals surface area contributed by atoms with Gasteiger partial charge in [0.05, 0.1) is 0 Å². The van der Waals surface area contributed by atoms with E-state index in [0.29, 0.717) is 6.04 Å². The summed E-state index contributed by atoms with van der Waals surface area (Å²) >= 11 is 0. The Bertz CT molecular complexity index is 434. The van der Waals surface area contributed by atoms with Gasteiger partial charge in [-0.05, 0) is 18.9 Å². The van der Waals surface area contributed by atoms with Crippen LogP contribution in [0.3, 0.4) is 0 Å². The van der Waals surface area contributed by atoms with Crippen molar-refractivity contribution in [2.75, 3.05) is 19.6 Å². The Hall–Kier alpha value is -1.30. The number of hydrogen-bond acceptors (Lipinski definition) is 2. The average Bonchev–Trinajstić information content (AvgIpc) is 2.46. The highest BCUT2D eigenvalue weighted by Crippen LogP contribution is 2.28. The molecule has 0 saturated carbocycles. The van der Waals surface area contributed by atoms with E-state index >= 15 is 0 Å². The van der Waals surface area contributed by atoms with Crippen LogP contribution in [-0.2, 0) is 0 Å². The van der Waals surface area contributed by atoms with Crippen LogP contribution in [0.2, 0.25) is 0 Å². The Morgan fingerprint density at radius 3 is 2.79 bits per heavy atom. The lowest BCUT2D eigenvalue weighted by atomic mass is 9.91. The van der Waals surface area contributed by atoms with Crippen LogP contribution in [-0.4, -0.2) is 30.1 Å². The molecule has 1 N–H and O–H groups in total. The number of terminal acetylenes is 1. The molecule has 1 saturated heterocycles. The molecule has 102 valence electrons. The first kappa shape index (κ1) is 14.1. The van der Waals surface area contributed by atoms with Crippen molar-refractivity contribution in [2.45, 2.75) is 38.3 Å². The molecule has 0 amide bonds. The molecule has 1 aliphatic rings. The van der Waals surface area contributed by atoms with Crippen molar-refractivity contribution in [1.29, 1.82) is 0 Å². The zero-order valence-electron chi connectivity index (χ0n) is 12.0. The molecule has 19 heavy (non-hydrogen) atoms. The molecule has 0 radical (unpaired) electrons. The second-order valence-corrected chi connectivity index (χ2v) is 5.65. The van der Waals surface area contributed by atoms with Gasteiger partial charge in [-0.2, -0.15) is 0 Å².